The molecular formula is C17H12ClN3O3S. The van der Waals surface area contributed by atoms with Crippen molar-refractivity contribution in [3.05, 3.63) is 75.7 Å². The van der Waals surface area contributed by atoms with Crippen LogP contribution in [0.5, 0.6) is 0 Å². The van der Waals surface area contributed by atoms with Crippen molar-refractivity contribution in [1.82, 2.24) is 4.98 Å². The maximum absolute atomic E-state index is 12.2. The highest BCUT2D eigenvalue weighted by atomic mass is 35.5. The summed E-state index contributed by atoms with van der Waals surface area (Å²) in [5, 5.41) is 14.8. The predicted molar refractivity (Wildman–Crippen MR) is 97.9 cm³/mol. The van der Waals surface area contributed by atoms with E-state index in [-0.39, 0.29) is 11.6 Å². The van der Waals surface area contributed by atoms with Gasteiger partial charge >= 0.3 is 0 Å². The number of nitrogens with zero attached hydrogens (tertiary/aromatic N) is 2. The van der Waals surface area contributed by atoms with E-state index in [1.165, 1.54) is 23.5 Å². The fourth-order valence-corrected chi connectivity index (χ4v) is 3.11. The molecule has 0 unspecified atom stereocenters. The summed E-state index contributed by atoms with van der Waals surface area (Å²) in [5.74, 6) is -0.382. The lowest BCUT2D eigenvalue weighted by Crippen LogP contribution is -2.17. The van der Waals surface area contributed by atoms with Crippen LogP contribution in [0, 0.1) is 10.1 Å². The van der Waals surface area contributed by atoms with Crippen LogP contribution in [0.4, 0.5) is 10.8 Å². The third-order valence-electron chi connectivity index (χ3n) is 3.41. The smallest absolute Gasteiger partial charge is 0.270 e. The van der Waals surface area contributed by atoms with E-state index < -0.39 is 10.3 Å². The Kier molecular flexibility index (Phi) is 5.06. The second kappa shape index (κ2) is 7.42. The zero-order chi connectivity index (χ0) is 17.8. The van der Waals surface area contributed by atoms with Gasteiger partial charge in [0.05, 0.1) is 10.6 Å². The monoisotopic (exact) mass is 373 g/mol. The first-order valence-electron chi connectivity index (χ1n) is 7.25. The van der Waals surface area contributed by atoms with E-state index in [1.54, 1.807) is 29.6 Å². The first-order valence-corrected chi connectivity index (χ1v) is 8.56. The fraction of sp³-hybridized carbons (Fsp3) is 0.0588. The number of non-ortho nitro benzene ring substituents is 1. The number of nitrogens with one attached hydrogen (secondary N) is 1. The Hall–Kier alpha value is -2.77. The summed E-state index contributed by atoms with van der Waals surface area (Å²) < 4.78 is 0. The summed E-state index contributed by atoms with van der Waals surface area (Å²) >= 11 is 7.40. The van der Waals surface area contributed by atoms with Gasteiger partial charge in [0.15, 0.2) is 5.13 Å². The van der Waals surface area contributed by atoms with E-state index in [0.29, 0.717) is 22.0 Å². The lowest BCUT2D eigenvalue weighted by molar-refractivity contribution is -0.384. The molecule has 1 N–H and O–H groups in total. The standard InChI is InChI=1S/C17H12ClN3O3S/c18-15(11-5-2-1-3-6-11)16(22)20-17-19-14(10-25-17)12-7-4-8-13(9-12)21(23)24/h1-10,15H,(H,19,20,22)/t15-/m0/s1. The van der Waals surface area contributed by atoms with Crippen LogP contribution < -0.4 is 5.32 Å². The largest absolute Gasteiger partial charge is 0.300 e. The van der Waals surface area contributed by atoms with Gasteiger partial charge in [0.2, 0.25) is 5.91 Å². The molecule has 0 aliphatic carbocycles. The molecule has 25 heavy (non-hydrogen) atoms. The van der Waals surface area contributed by atoms with Crippen LogP contribution in [-0.4, -0.2) is 15.8 Å². The molecule has 1 amide bonds. The molecule has 0 aliphatic heterocycles. The molecule has 0 spiro atoms. The third-order valence-corrected chi connectivity index (χ3v) is 4.62. The van der Waals surface area contributed by atoms with Crippen molar-refractivity contribution in [1.29, 1.82) is 0 Å². The van der Waals surface area contributed by atoms with E-state index in [9.17, 15) is 14.9 Å². The zero-order valence-electron chi connectivity index (χ0n) is 12.8. The maximum atomic E-state index is 12.2. The van der Waals surface area contributed by atoms with Gasteiger partial charge in [-0.3, -0.25) is 14.9 Å². The summed E-state index contributed by atoms with van der Waals surface area (Å²) in [5.41, 5.74) is 1.84. The highest BCUT2D eigenvalue weighted by Crippen LogP contribution is 2.29. The molecule has 0 bridgehead atoms. The highest BCUT2D eigenvalue weighted by molar-refractivity contribution is 7.14. The summed E-state index contributed by atoms with van der Waals surface area (Å²) in [4.78, 5) is 26.9. The number of aromatic nitrogens is 1. The Morgan fingerprint density at radius 3 is 2.68 bits per heavy atom. The van der Waals surface area contributed by atoms with E-state index in [1.807, 2.05) is 18.2 Å². The van der Waals surface area contributed by atoms with Crippen LogP contribution in [-0.2, 0) is 4.79 Å². The number of amides is 1. The highest BCUT2D eigenvalue weighted by Gasteiger charge is 2.19. The van der Waals surface area contributed by atoms with Crippen LogP contribution in [0.15, 0.2) is 60.0 Å². The summed E-state index contributed by atoms with van der Waals surface area (Å²) in [6.07, 6.45) is 0. The van der Waals surface area contributed by atoms with Crippen LogP contribution in [0.2, 0.25) is 0 Å². The van der Waals surface area contributed by atoms with E-state index in [4.69, 9.17) is 11.6 Å². The number of alkyl halides is 1. The topological polar surface area (TPSA) is 85.1 Å². The minimum Gasteiger partial charge on any atom is -0.300 e. The van der Waals surface area contributed by atoms with Crippen LogP contribution in [0.3, 0.4) is 0 Å². The van der Waals surface area contributed by atoms with Crippen molar-refractivity contribution in [3.63, 3.8) is 0 Å². The second-order valence-corrected chi connectivity index (χ2v) is 6.40. The molecule has 3 aromatic rings. The van der Waals surface area contributed by atoms with Crippen molar-refractivity contribution >= 4 is 39.7 Å². The van der Waals surface area contributed by atoms with Crippen molar-refractivity contribution in [2.45, 2.75) is 5.38 Å². The fourth-order valence-electron chi connectivity index (χ4n) is 2.18. The van der Waals surface area contributed by atoms with E-state index in [2.05, 4.69) is 10.3 Å². The number of rotatable bonds is 5. The maximum Gasteiger partial charge on any atom is 0.270 e. The van der Waals surface area contributed by atoms with E-state index >= 15 is 0 Å². The number of hydrogen-bond donors (Lipinski definition) is 1. The minimum absolute atomic E-state index is 0.0130. The van der Waals surface area contributed by atoms with Gasteiger partial charge in [0.25, 0.3) is 5.69 Å². The van der Waals surface area contributed by atoms with E-state index in [0.717, 1.165) is 0 Å². The van der Waals surface area contributed by atoms with Gasteiger partial charge in [-0.15, -0.1) is 22.9 Å². The molecule has 1 atom stereocenters. The Balaban J connectivity index is 1.75. The molecule has 3 rings (SSSR count). The van der Waals surface area contributed by atoms with Crippen molar-refractivity contribution in [2.75, 3.05) is 5.32 Å². The van der Waals surface area contributed by atoms with Crippen LogP contribution >= 0.6 is 22.9 Å². The summed E-state index contributed by atoms with van der Waals surface area (Å²) in [7, 11) is 0. The third kappa shape index (κ3) is 4.01. The number of halogens is 1. The average molecular weight is 374 g/mol. The average Bonchev–Trinajstić information content (AvgIpc) is 3.10. The van der Waals surface area contributed by atoms with Crippen LogP contribution in [0.25, 0.3) is 11.3 Å². The number of nitro groups is 1. The van der Waals surface area contributed by atoms with Gasteiger partial charge in [-0.05, 0) is 5.56 Å². The molecule has 0 fully saturated rings. The Labute approximate surface area is 152 Å². The molecule has 8 heteroatoms. The Morgan fingerprint density at radius 2 is 1.96 bits per heavy atom. The first-order chi connectivity index (χ1) is 12.0. The normalized spacial score (nSPS) is 11.7. The second-order valence-electron chi connectivity index (χ2n) is 5.11. The number of benzene rings is 2. The molecule has 0 radical (unpaired) electrons. The number of carbonyl (C=O) groups excluding carboxylic acids is 1. The number of carbonyl (C=O) groups is 1. The van der Waals surface area contributed by atoms with Crippen molar-refractivity contribution < 1.29 is 9.72 Å². The molecule has 2 aromatic carbocycles. The first kappa shape index (κ1) is 17.1. The quantitative estimate of drug-likeness (QED) is 0.401. The number of thiazole rings is 1. The van der Waals surface area contributed by atoms with Crippen LogP contribution in [0.1, 0.15) is 10.9 Å². The lowest BCUT2D eigenvalue weighted by Gasteiger charge is -2.08. The molecule has 0 aliphatic rings. The molecular weight excluding hydrogens is 362 g/mol. The predicted octanol–water partition coefficient (Wildman–Crippen LogP) is 4.64. The number of hydrogen-bond acceptors (Lipinski definition) is 5. The Bertz CT molecular complexity index is 914. The van der Waals surface area contributed by atoms with Gasteiger partial charge in [-0.25, -0.2) is 4.98 Å². The van der Waals surface area contributed by atoms with Gasteiger partial charge in [-0.1, -0.05) is 42.5 Å². The lowest BCUT2D eigenvalue weighted by atomic mass is 10.1. The molecule has 126 valence electrons. The zero-order valence-corrected chi connectivity index (χ0v) is 14.3. The van der Waals surface area contributed by atoms with Gasteiger partial charge in [0.1, 0.15) is 5.38 Å². The number of anilines is 1. The van der Waals surface area contributed by atoms with Gasteiger partial charge in [-0.2, -0.15) is 0 Å². The van der Waals surface area contributed by atoms with Crippen molar-refractivity contribution in [3.8, 4) is 11.3 Å². The molecule has 1 aromatic heterocycles. The number of nitro benzene ring substituents is 1. The molecule has 0 saturated heterocycles. The minimum atomic E-state index is -0.827. The molecule has 6 nitrogen and oxygen atoms in total. The Morgan fingerprint density at radius 1 is 1.20 bits per heavy atom. The van der Waals surface area contributed by atoms with Gasteiger partial charge in [0, 0.05) is 23.1 Å². The molecule has 1 heterocycles. The van der Waals surface area contributed by atoms with Gasteiger partial charge < -0.3 is 5.32 Å². The summed E-state index contributed by atoms with van der Waals surface area (Å²) in [6.45, 7) is 0. The summed E-state index contributed by atoms with van der Waals surface area (Å²) in [6, 6.07) is 15.2. The SMILES string of the molecule is O=C(Nc1nc(-c2cccc([N+](=O)[O-])c2)cs1)[C@@H](Cl)c1ccccc1. The van der Waals surface area contributed by atoms with Crippen molar-refractivity contribution in [2.24, 2.45) is 0 Å². The molecule has 0 saturated carbocycles.